The van der Waals surface area contributed by atoms with Gasteiger partial charge in [-0.25, -0.2) is 15.0 Å². The van der Waals surface area contributed by atoms with E-state index in [0.29, 0.717) is 28.6 Å². The molecule has 0 aliphatic heterocycles. The van der Waals surface area contributed by atoms with E-state index in [4.69, 9.17) is 15.0 Å². The first-order valence-corrected chi connectivity index (χ1v) is 15.5. The Morgan fingerprint density at radius 3 is 1.12 bits per heavy atom. The lowest BCUT2D eigenvalue weighted by atomic mass is 9.96. The molecule has 7 aromatic carbocycles. The van der Waals surface area contributed by atoms with E-state index in [0.717, 1.165) is 60.5 Å². The maximum atomic E-state index is 9.39. The third-order valence-corrected chi connectivity index (χ3v) is 8.50. The lowest BCUT2D eigenvalue weighted by molar-refractivity contribution is 1.08. The third kappa shape index (κ3) is 5.54. The van der Waals surface area contributed by atoms with Crippen LogP contribution in [-0.2, 0) is 0 Å². The maximum Gasteiger partial charge on any atom is 0.164 e. The molecule has 0 aliphatic carbocycles. The van der Waals surface area contributed by atoms with Gasteiger partial charge in [0.1, 0.15) is 0 Å². The second-order valence-electron chi connectivity index (χ2n) is 11.6. The van der Waals surface area contributed by atoms with Gasteiger partial charge in [0.15, 0.2) is 17.5 Å². The fourth-order valence-electron chi connectivity index (χ4n) is 6.02. The van der Waals surface area contributed by atoms with Gasteiger partial charge in [0.25, 0.3) is 0 Å². The van der Waals surface area contributed by atoms with Gasteiger partial charge < -0.3 is 0 Å². The number of rotatable bonds is 5. The summed E-state index contributed by atoms with van der Waals surface area (Å²) in [5, 5.41) is 22.7. The Hall–Kier alpha value is -6.95. The predicted octanol–water partition coefficient (Wildman–Crippen LogP) is 10.3. The SMILES string of the molecule is N#Cc1ccc2cc(-c3nc(-c4cc(-c5ccccc5)cc(-c5ccccc5)c4)nc(-c4ccc5cc(C#N)ccc5c4)n3)ccc2c1. The van der Waals surface area contributed by atoms with Gasteiger partial charge >= 0.3 is 0 Å². The molecule has 0 atom stereocenters. The van der Waals surface area contributed by atoms with Crippen LogP contribution < -0.4 is 0 Å². The van der Waals surface area contributed by atoms with Crippen molar-refractivity contribution in [1.29, 1.82) is 10.5 Å². The summed E-state index contributed by atoms with van der Waals surface area (Å²) in [7, 11) is 0. The summed E-state index contributed by atoms with van der Waals surface area (Å²) in [5.41, 5.74) is 8.13. The average Bonchev–Trinajstić information content (AvgIpc) is 3.17. The second-order valence-corrected chi connectivity index (χ2v) is 11.6. The summed E-state index contributed by atoms with van der Waals surface area (Å²) in [6.07, 6.45) is 0. The number of fused-ring (bicyclic) bond motifs is 2. The first-order chi connectivity index (χ1) is 23.6. The van der Waals surface area contributed by atoms with Crippen LogP contribution in [0, 0.1) is 22.7 Å². The van der Waals surface area contributed by atoms with Gasteiger partial charge in [0.2, 0.25) is 0 Å². The van der Waals surface area contributed by atoms with Gasteiger partial charge in [-0.1, -0.05) is 97.1 Å². The molecule has 0 fully saturated rings. The van der Waals surface area contributed by atoms with Crippen LogP contribution in [0.1, 0.15) is 11.1 Å². The average molecular weight is 612 g/mol. The van der Waals surface area contributed by atoms with Crippen molar-refractivity contribution in [2.75, 3.05) is 0 Å². The zero-order valence-electron chi connectivity index (χ0n) is 25.7. The summed E-state index contributed by atoms with van der Waals surface area (Å²) >= 11 is 0. The monoisotopic (exact) mass is 611 g/mol. The molecule has 1 aromatic heterocycles. The van der Waals surface area contributed by atoms with E-state index in [-0.39, 0.29) is 0 Å². The molecule has 0 spiro atoms. The molecule has 8 aromatic rings. The molecule has 0 radical (unpaired) electrons. The normalized spacial score (nSPS) is 10.9. The molecule has 48 heavy (non-hydrogen) atoms. The minimum absolute atomic E-state index is 0.549. The second kappa shape index (κ2) is 12.1. The molecule has 0 bridgehead atoms. The predicted molar refractivity (Wildman–Crippen MR) is 191 cm³/mol. The van der Waals surface area contributed by atoms with Crippen molar-refractivity contribution >= 4 is 21.5 Å². The topological polar surface area (TPSA) is 86.2 Å². The highest BCUT2D eigenvalue weighted by molar-refractivity contribution is 5.89. The minimum atomic E-state index is 0.549. The van der Waals surface area contributed by atoms with Crippen LogP contribution in [0.15, 0.2) is 152 Å². The first kappa shape index (κ1) is 28.5. The molecular weight excluding hydrogens is 587 g/mol. The zero-order chi connectivity index (χ0) is 32.5. The highest BCUT2D eigenvalue weighted by Crippen LogP contribution is 2.34. The number of benzene rings is 7. The molecule has 5 nitrogen and oxygen atoms in total. The maximum absolute atomic E-state index is 9.39. The molecule has 0 saturated carbocycles. The van der Waals surface area contributed by atoms with Crippen LogP contribution in [0.25, 0.3) is 78.0 Å². The van der Waals surface area contributed by atoms with E-state index in [2.05, 4.69) is 66.7 Å². The van der Waals surface area contributed by atoms with Crippen LogP contribution in [-0.4, -0.2) is 15.0 Å². The number of aromatic nitrogens is 3. The minimum Gasteiger partial charge on any atom is -0.208 e. The quantitative estimate of drug-likeness (QED) is 0.193. The van der Waals surface area contributed by atoms with Crippen molar-refractivity contribution in [2.24, 2.45) is 0 Å². The fraction of sp³-hybridized carbons (Fsp3) is 0. The molecule has 0 unspecified atom stereocenters. The van der Waals surface area contributed by atoms with E-state index in [1.54, 1.807) is 0 Å². The van der Waals surface area contributed by atoms with E-state index < -0.39 is 0 Å². The van der Waals surface area contributed by atoms with Gasteiger partial charge in [-0.2, -0.15) is 10.5 Å². The van der Waals surface area contributed by atoms with Crippen molar-refractivity contribution < 1.29 is 0 Å². The molecule has 0 aliphatic rings. The van der Waals surface area contributed by atoms with E-state index in [1.165, 1.54) is 0 Å². The Morgan fingerprint density at radius 2 is 0.688 bits per heavy atom. The van der Waals surface area contributed by atoms with Crippen molar-refractivity contribution in [3.63, 3.8) is 0 Å². The smallest absolute Gasteiger partial charge is 0.164 e. The number of hydrogen-bond donors (Lipinski definition) is 0. The van der Waals surface area contributed by atoms with Gasteiger partial charge in [-0.3, -0.25) is 0 Å². The Balaban J connectivity index is 1.35. The lowest BCUT2D eigenvalue weighted by Gasteiger charge is -2.13. The highest BCUT2D eigenvalue weighted by atomic mass is 15.0. The molecule has 1 heterocycles. The van der Waals surface area contributed by atoms with Crippen LogP contribution in [0.3, 0.4) is 0 Å². The molecule has 222 valence electrons. The number of nitrogens with zero attached hydrogens (tertiary/aromatic N) is 5. The largest absolute Gasteiger partial charge is 0.208 e. The van der Waals surface area contributed by atoms with E-state index >= 15 is 0 Å². The van der Waals surface area contributed by atoms with Gasteiger partial charge in [-0.05, 0) is 98.4 Å². The number of hydrogen-bond acceptors (Lipinski definition) is 5. The Morgan fingerprint density at radius 1 is 0.312 bits per heavy atom. The summed E-state index contributed by atoms with van der Waals surface area (Å²) in [6.45, 7) is 0. The van der Waals surface area contributed by atoms with Crippen molar-refractivity contribution in [1.82, 2.24) is 15.0 Å². The third-order valence-electron chi connectivity index (χ3n) is 8.50. The standard InChI is InChI=1S/C43H25N5/c44-26-28-11-13-34-21-36(17-15-32(34)19-28)41-46-42(37-18-16-33-20-29(27-45)12-14-35(33)22-37)48-43(47-41)40-24-38(30-7-3-1-4-8-30)23-39(25-40)31-9-5-2-6-10-31/h1-25H. The van der Waals surface area contributed by atoms with Gasteiger partial charge in [0.05, 0.1) is 23.3 Å². The summed E-state index contributed by atoms with van der Waals surface area (Å²) in [6, 6.07) is 55.0. The summed E-state index contributed by atoms with van der Waals surface area (Å²) < 4.78 is 0. The van der Waals surface area contributed by atoms with Crippen molar-refractivity contribution in [2.45, 2.75) is 0 Å². The van der Waals surface area contributed by atoms with Crippen LogP contribution in [0.4, 0.5) is 0 Å². The Labute approximate surface area is 277 Å². The van der Waals surface area contributed by atoms with Crippen LogP contribution >= 0.6 is 0 Å². The van der Waals surface area contributed by atoms with Crippen LogP contribution in [0.2, 0.25) is 0 Å². The molecule has 0 amide bonds. The molecule has 0 N–H and O–H groups in total. The molecular formula is C43H25N5. The molecule has 0 saturated heterocycles. The first-order valence-electron chi connectivity index (χ1n) is 15.5. The van der Waals surface area contributed by atoms with Gasteiger partial charge in [-0.15, -0.1) is 0 Å². The molecule has 8 rings (SSSR count). The van der Waals surface area contributed by atoms with Gasteiger partial charge in [0, 0.05) is 16.7 Å². The van der Waals surface area contributed by atoms with Crippen LogP contribution in [0.5, 0.6) is 0 Å². The Bertz CT molecular complexity index is 2410. The highest BCUT2D eigenvalue weighted by Gasteiger charge is 2.16. The Kier molecular flexibility index (Phi) is 7.19. The van der Waals surface area contributed by atoms with E-state index in [1.807, 2.05) is 97.1 Å². The number of nitriles is 2. The summed E-state index contributed by atoms with van der Waals surface area (Å²) in [5.74, 6) is 1.66. The fourth-order valence-corrected chi connectivity index (χ4v) is 6.02. The van der Waals surface area contributed by atoms with Crippen molar-refractivity contribution in [3.8, 4) is 68.6 Å². The molecule has 5 heteroatoms. The van der Waals surface area contributed by atoms with Crippen molar-refractivity contribution in [3.05, 3.63) is 163 Å². The lowest BCUT2D eigenvalue weighted by Crippen LogP contribution is -2.01. The zero-order valence-corrected chi connectivity index (χ0v) is 25.7. The summed E-state index contributed by atoms with van der Waals surface area (Å²) in [4.78, 5) is 15.2. The van der Waals surface area contributed by atoms with E-state index in [9.17, 15) is 10.5 Å².